The maximum Gasteiger partial charge on any atom is 0.230 e. The number of nitrogens with one attached hydrogen (secondary N) is 2. The summed E-state index contributed by atoms with van der Waals surface area (Å²) in [6.45, 7) is 7.28. The normalized spacial score (nSPS) is 25.5. The van der Waals surface area contributed by atoms with E-state index < -0.39 is 0 Å². The van der Waals surface area contributed by atoms with Gasteiger partial charge >= 0.3 is 0 Å². The number of aryl methyl sites for hydroxylation is 1. The maximum atomic E-state index is 5.50. The van der Waals surface area contributed by atoms with Crippen LogP contribution in [0, 0.1) is 12.8 Å². The van der Waals surface area contributed by atoms with Crippen molar-refractivity contribution in [3.63, 3.8) is 0 Å². The molecule has 1 atom stereocenters. The van der Waals surface area contributed by atoms with Crippen LogP contribution in [0.2, 0.25) is 0 Å². The number of ether oxygens (including phenoxy) is 1. The van der Waals surface area contributed by atoms with Crippen LogP contribution in [0.1, 0.15) is 24.6 Å². The van der Waals surface area contributed by atoms with Gasteiger partial charge in [0.1, 0.15) is 5.82 Å². The first-order valence-corrected chi connectivity index (χ1v) is 10.4. The number of aromatic nitrogens is 2. The quantitative estimate of drug-likeness (QED) is 0.811. The summed E-state index contributed by atoms with van der Waals surface area (Å²) in [5, 5.41) is 10.5. The Balaban J connectivity index is 1.65. The van der Waals surface area contributed by atoms with Gasteiger partial charge in [-0.3, -0.25) is 5.10 Å². The number of hydrogen-bond donors (Lipinski definition) is 2. The van der Waals surface area contributed by atoms with Gasteiger partial charge in [0.15, 0.2) is 5.82 Å². The maximum absolute atomic E-state index is 5.50. The van der Waals surface area contributed by atoms with Crippen molar-refractivity contribution in [2.24, 2.45) is 15.9 Å². The van der Waals surface area contributed by atoms with Crippen LogP contribution < -0.4 is 5.32 Å². The largest absolute Gasteiger partial charge is 0.378 e. The second-order valence-corrected chi connectivity index (χ2v) is 7.58. The Morgan fingerprint density at radius 1 is 1.13 bits per heavy atom. The van der Waals surface area contributed by atoms with Crippen molar-refractivity contribution in [2.45, 2.75) is 20.3 Å². The average molecular weight is 405 g/mol. The molecule has 1 saturated heterocycles. The third kappa shape index (κ3) is 5.24. The van der Waals surface area contributed by atoms with Gasteiger partial charge in [-0.2, -0.15) is 10.1 Å². The van der Waals surface area contributed by atoms with Crippen molar-refractivity contribution in [1.29, 1.82) is 0 Å². The molecule has 1 aromatic carbocycles. The fourth-order valence-corrected chi connectivity index (χ4v) is 3.41. The van der Waals surface area contributed by atoms with Gasteiger partial charge in [-0.25, -0.2) is 4.99 Å². The van der Waals surface area contributed by atoms with Gasteiger partial charge in [0.05, 0.1) is 13.2 Å². The molecular weight excluding hydrogens is 376 g/mol. The second kappa shape index (κ2) is 9.54. The topological polar surface area (TPSA) is 77.9 Å². The molecular formula is C23H28N6O. The number of allylic oxidation sites excluding steroid dienone is 2. The van der Waals surface area contributed by atoms with Gasteiger partial charge in [0.25, 0.3) is 0 Å². The molecule has 156 valence electrons. The highest BCUT2D eigenvalue weighted by Crippen LogP contribution is 2.19. The molecule has 1 unspecified atom stereocenters. The van der Waals surface area contributed by atoms with E-state index in [0.717, 1.165) is 55.5 Å². The molecule has 2 aliphatic rings. The highest BCUT2D eigenvalue weighted by atomic mass is 16.5. The number of nitrogens with zero attached hydrogens (tertiary/aromatic N) is 4. The Hall–Kier alpha value is -3.19. The van der Waals surface area contributed by atoms with Crippen molar-refractivity contribution in [3.8, 4) is 0 Å². The van der Waals surface area contributed by atoms with Crippen LogP contribution in [0.3, 0.4) is 0 Å². The lowest BCUT2D eigenvalue weighted by atomic mass is 9.99. The van der Waals surface area contributed by atoms with Crippen LogP contribution in [0.4, 0.5) is 5.82 Å². The molecule has 7 heteroatoms. The molecule has 7 nitrogen and oxygen atoms in total. The number of aliphatic imine (C=N–C) groups is 2. The zero-order chi connectivity index (χ0) is 20.8. The van der Waals surface area contributed by atoms with Crippen molar-refractivity contribution in [3.05, 3.63) is 65.6 Å². The number of hydrogen-bond acceptors (Lipinski definition) is 6. The van der Waals surface area contributed by atoms with Gasteiger partial charge in [-0.05, 0) is 31.1 Å². The van der Waals surface area contributed by atoms with E-state index in [1.54, 1.807) is 0 Å². The number of anilines is 1. The smallest absolute Gasteiger partial charge is 0.230 e. The summed E-state index contributed by atoms with van der Waals surface area (Å²) >= 11 is 0. The van der Waals surface area contributed by atoms with Crippen LogP contribution in [-0.4, -0.2) is 53.1 Å². The lowest BCUT2D eigenvalue weighted by Crippen LogP contribution is -2.36. The molecule has 0 saturated carbocycles. The highest BCUT2D eigenvalue weighted by Gasteiger charge is 2.18. The van der Waals surface area contributed by atoms with Crippen molar-refractivity contribution >= 4 is 23.6 Å². The van der Waals surface area contributed by atoms with Crippen LogP contribution in [0.25, 0.3) is 6.08 Å². The molecule has 0 radical (unpaired) electrons. The third-order valence-corrected chi connectivity index (χ3v) is 5.14. The monoisotopic (exact) mass is 404 g/mol. The molecule has 2 aromatic rings. The van der Waals surface area contributed by atoms with E-state index in [4.69, 9.17) is 14.7 Å². The van der Waals surface area contributed by atoms with Gasteiger partial charge in [0, 0.05) is 36.5 Å². The molecule has 2 aliphatic heterocycles. The minimum Gasteiger partial charge on any atom is -0.378 e. The Bertz CT molecular complexity index is 967. The van der Waals surface area contributed by atoms with Crippen LogP contribution in [0.5, 0.6) is 0 Å². The van der Waals surface area contributed by atoms with E-state index >= 15 is 0 Å². The summed E-state index contributed by atoms with van der Waals surface area (Å²) < 4.78 is 5.50. The van der Waals surface area contributed by atoms with Crippen LogP contribution in [0.15, 0.2) is 64.4 Å². The summed E-state index contributed by atoms with van der Waals surface area (Å²) in [5.74, 6) is 2.44. The molecule has 0 bridgehead atoms. The standard InChI is InChI=1S/C23H28N6O/c1-17-8-11-22(29-12-14-30-15-13-29)26-23(25-21-16-18(2)27-28-21)24-20(17)10-9-19-6-4-3-5-7-19/h3-7,9-11,16-17H,8,12-15H2,1-2H3,(H2,25,26,27,28)/b10-9+,22-11-,24-20-. The summed E-state index contributed by atoms with van der Waals surface area (Å²) in [4.78, 5) is 12.0. The van der Waals surface area contributed by atoms with Crippen molar-refractivity contribution in [2.75, 3.05) is 31.6 Å². The summed E-state index contributed by atoms with van der Waals surface area (Å²) in [7, 11) is 0. The fourth-order valence-electron chi connectivity index (χ4n) is 3.41. The minimum absolute atomic E-state index is 0.259. The predicted molar refractivity (Wildman–Crippen MR) is 122 cm³/mol. The summed E-state index contributed by atoms with van der Waals surface area (Å²) in [6.07, 6.45) is 7.27. The fraction of sp³-hybridized carbons (Fsp3) is 0.348. The third-order valence-electron chi connectivity index (χ3n) is 5.14. The predicted octanol–water partition coefficient (Wildman–Crippen LogP) is 3.85. The second-order valence-electron chi connectivity index (χ2n) is 7.58. The molecule has 0 amide bonds. The van der Waals surface area contributed by atoms with E-state index in [1.807, 2.05) is 31.2 Å². The van der Waals surface area contributed by atoms with Crippen molar-refractivity contribution < 1.29 is 4.74 Å². The van der Waals surface area contributed by atoms with E-state index in [2.05, 4.69) is 57.7 Å². The van der Waals surface area contributed by atoms with E-state index in [-0.39, 0.29) is 5.92 Å². The Kier molecular flexibility index (Phi) is 6.39. The lowest BCUT2D eigenvalue weighted by Gasteiger charge is -2.30. The van der Waals surface area contributed by atoms with E-state index in [9.17, 15) is 0 Å². The van der Waals surface area contributed by atoms with Crippen LogP contribution >= 0.6 is 0 Å². The molecule has 2 N–H and O–H groups in total. The summed E-state index contributed by atoms with van der Waals surface area (Å²) in [5.41, 5.74) is 3.11. The Labute approximate surface area is 177 Å². The van der Waals surface area contributed by atoms with Crippen LogP contribution in [-0.2, 0) is 4.74 Å². The minimum atomic E-state index is 0.259. The van der Waals surface area contributed by atoms with Crippen molar-refractivity contribution in [1.82, 2.24) is 15.1 Å². The molecule has 1 aromatic heterocycles. The Morgan fingerprint density at radius 3 is 2.67 bits per heavy atom. The first-order valence-electron chi connectivity index (χ1n) is 10.4. The Morgan fingerprint density at radius 2 is 1.93 bits per heavy atom. The molecule has 3 heterocycles. The number of benzene rings is 1. The molecule has 0 aliphatic carbocycles. The number of H-pyrrole nitrogens is 1. The SMILES string of the molecule is Cc1cc(NC2=N/C(N3CCOCC3)=C/CC(C)C(/C=C/c3ccccc3)=N\2)n[nH]1. The highest BCUT2D eigenvalue weighted by molar-refractivity contribution is 6.09. The lowest BCUT2D eigenvalue weighted by molar-refractivity contribution is 0.0529. The van der Waals surface area contributed by atoms with E-state index in [1.165, 1.54) is 0 Å². The van der Waals surface area contributed by atoms with Gasteiger partial charge in [0.2, 0.25) is 5.96 Å². The number of morpholine rings is 1. The van der Waals surface area contributed by atoms with Gasteiger partial charge in [-0.1, -0.05) is 43.3 Å². The molecule has 30 heavy (non-hydrogen) atoms. The molecule has 0 spiro atoms. The molecule has 1 fully saturated rings. The van der Waals surface area contributed by atoms with Gasteiger partial charge in [-0.15, -0.1) is 0 Å². The first kappa shape index (κ1) is 20.1. The number of guanidine groups is 1. The van der Waals surface area contributed by atoms with Gasteiger partial charge < -0.3 is 15.0 Å². The molecule has 4 rings (SSSR count). The zero-order valence-corrected chi connectivity index (χ0v) is 17.5. The zero-order valence-electron chi connectivity index (χ0n) is 17.5. The first-order chi connectivity index (χ1) is 14.7. The van der Waals surface area contributed by atoms with E-state index in [0.29, 0.717) is 11.8 Å². The average Bonchev–Trinajstić information content (AvgIpc) is 3.18. The summed E-state index contributed by atoms with van der Waals surface area (Å²) in [6, 6.07) is 12.2. The number of aromatic amines is 1. The number of rotatable bonds is 4.